The van der Waals surface area contributed by atoms with E-state index in [9.17, 15) is 9.59 Å². The Labute approximate surface area is 105 Å². The molecule has 1 aliphatic heterocycles. The van der Waals surface area contributed by atoms with Crippen LogP contribution in [0.25, 0.3) is 0 Å². The van der Waals surface area contributed by atoms with Gasteiger partial charge in [-0.25, -0.2) is 4.79 Å². The standard InChI is InChI=1S/C13H16N2O3/c16-12(17)10-5-4-8-15(9-10)13(18)14-11-6-2-1-3-7-11/h1-3,6-7,10H,4-5,8-9H2,(H,14,18)(H,16,17)/t10-/m1/s1. The van der Waals surface area contributed by atoms with E-state index in [1.54, 1.807) is 17.0 Å². The fourth-order valence-electron chi connectivity index (χ4n) is 2.09. The zero-order chi connectivity index (χ0) is 13.0. The van der Waals surface area contributed by atoms with Crippen LogP contribution in [0.1, 0.15) is 12.8 Å². The van der Waals surface area contributed by atoms with Crippen molar-refractivity contribution in [3.63, 3.8) is 0 Å². The predicted molar refractivity (Wildman–Crippen MR) is 67.4 cm³/mol. The van der Waals surface area contributed by atoms with E-state index in [4.69, 9.17) is 5.11 Å². The Balaban J connectivity index is 1.95. The quantitative estimate of drug-likeness (QED) is 0.841. The van der Waals surface area contributed by atoms with E-state index in [0.29, 0.717) is 13.0 Å². The molecule has 0 spiro atoms. The Kier molecular flexibility index (Phi) is 3.82. The smallest absolute Gasteiger partial charge is 0.321 e. The van der Waals surface area contributed by atoms with Crippen LogP contribution in [0.2, 0.25) is 0 Å². The van der Waals surface area contributed by atoms with E-state index in [2.05, 4.69) is 5.32 Å². The zero-order valence-corrected chi connectivity index (χ0v) is 10.0. The van der Waals surface area contributed by atoms with Gasteiger partial charge in [-0.3, -0.25) is 4.79 Å². The molecule has 2 N–H and O–H groups in total. The number of carbonyl (C=O) groups excluding carboxylic acids is 1. The first-order chi connectivity index (χ1) is 8.66. The van der Waals surface area contributed by atoms with E-state index in [1.807, 2.05) is 18.2 Å². The van der Waals surface area contributed by atoms with Crippen molar-refractivity contribution in [3.8, 4) is 0 Å². The highest BCUT2D eigenvalue weighted by Crippen LogP contribution is 2.17. The van der Waals surface area contributed by atoms with Crippen LogP contribution in [0, 0.1) is 5.92 Å². The van der Waals surface area contributed by atoms with E-state index < -0.39 is 11.9 Å². The third-order valence-electron chi connectivity index (χ3n) is 3.08. The van der Waals surface area contributed by atoms with E-state index in [1.165, 1.54) is 0 Å². The number of para-hydroxylation sites is 1. The molecule has 1 aromatic rings. The largest absolute Gasteiger partial charge is 0.481 e. The number of urea groups is 1. The highest BCUT2D eigenvalue weighted by Gasteiger charge is 2.27. The summed E-state index contributed by atoms with van der Waals surface area (Å²) in [6.07, 6.45) is 1.38. The summed E-state index contributed by atoms with van der Waals surface area (Å²) in [5.41, 5.74) is 0.722. The summed E-state index contributed by atoms with van der Waals surface area (Å²) >= 11 is 0. The molecule has 0 bridgehead atoms. The fraction of sp³-hybridized carbons (Fsp3) is 0.385. The van der Waals surface area contributed by atoms with Crippen molar-refractivity contribution in [1.82, 2.24) is 4.90 Å². The first kappa shape index (κ1) is 12.4. The number of nitrogens with one attached hydrogen (secondary N) is 1. The number of piperidine rings is 1. The summed E-state index contributed by atoms with van der Waals surface area (Å²) in [6, 6.07) is 8.93. The molecule has 0 aromatic heterocycles. The molecule has 96 valence electrons. The number of anilines is 1. The lowest BCUT2D eigenvalue weighted by Gasteiger charge is -2.30. The number of benzene rings is 1. The summed E-state index contributed by atoms with van der Waals surface area (Å²) in [7, 11) is 0. The molecule has 1 saturated heterocycles. The van der Waals surface area contributed by atoms with Crippen LogP contribution >= 0.6 is 0 Å². The van der Waals surface area contributed by atoms with Gasteiger partial charge in [0.1, 0.15) is 0 Å². The Bertz CT molecular complexity index is 433. The van der Waals surface area contributed by atoms with Gasteiger partial charge >= 0.3 is 12.0 Å². The molecule has 5 heteroatoms. The molecule has 5 nitrogen and oxygen atoms in total. The van der Waals surface area contributed by atoms with Gasteiger partial charge in [0, 0.05) is 18.8 Å². The lowest BCUT2D eigenvalue weighted by Crippen LogP contribution is -2.44. The number of hydrogen-bond acceptors (Lipinski definition) is 2. The van der Waals surface area contributed by atoms with E-state index in [-0.39, 0.29) is 12.6 Å². The topological polar surface area (TPSA) is 69.6 Å². The van der Waals surface area contributed by atoms with E-state index >= 15 is 0 Å². The maximum Gasteiger partial charge on any atom is 0.321 e. The minimum absolute atomic E-state index is 0.229. The number of carbonyl (C=O) groups is 2. The molecular formula is C13H16N2O3. The van der Waals surface area contributed by atoms with Gasteiger partial charge in [-0.15, -0.1) is 0 Å². The average Bonchev–Trinajstić information content (AvgIpc) is 2.40. The molecule has 2 amide bonds. The van der Waals surface area contributed by atoms with Crippen LogP contribution in [0.5, 0.6) is 0 Å². The first-order valence-electron chi connectivity index (χ1n) is 6.00. The number of carboxylic acid groups (broad SMARTS) is 1. The monoisotopic (exact) mass is 248 g/mol. The van der Waals surface area contributed by atoms with Gasteiger partial charge in [0.15, 0.2) is 0 Å². The Morgan fingerprint density at radius 1 is 1.28 bits per heavy atom. The number of carboxylic acids is 1. The highest BCUT2D eigenvalue weighted by atomic mass is 16.4. The Hall–Kier alpha value is -2.04. The second-order valence-electron chi connectivity index (χ2n) is 4.42. The van der Waals surface area contributed by atoms with Crippen molar-refractivity contribution < 1.29 is 14.7 Å². The summed E-state index contributed by atoms with van der Waals surface area (Å²) in [4.78, 5) is 24.4. The maximum atomic E-state index is 12.0. The maximum absolute atomic E-state index is 12.0. The third-order valence-corrected chi connectivity index (χ3v) is 3.08. The molecular weight excluding hydrogens is 232 g/mol. The third kappa shape index (κ3) is 3.00. The second-order valence-corrected chi connectivity index (χ2v) is 4.42. The molecule has 18 heavy (non-hydrogen) atoms. The highest BCUT2D eigenvalue weighted by molar-refractivity contribution is 5.89. The fourth-order valence-corrected chi connectivity index (χ4v) is 2.09. The van der Waals surface area contributed by atoms with Gasteiger partial charge in [-0.05, 0) is 25.0 Å². The number of hydrogen-bond donors (Lipinski definition) is 2. The van der Waals surface area contributed by atoms with Gasteiger partial charge in [0.25, 0.3) is 0 Å². The molecule has 0 unspecified atom stereocenters. The molecule has 1 aromatic carbocycles. The number of likely N-dealkylation sites (tertiary alicyclic amines) is 1. The lowest BCUT2D eigenvalue weighted by molar-refractivity contribution is -0.143. The minimum Gasteiger partial charge on any atom is -0.481 e. The van der Waals surface area contributed by atoms with Crippen LogP contribution in [0.4, 0.5) is 10.5 Å². The number of nitrogens with zero attached hydrogens (tertiary/aromatic N) is 1. The summed E-state index contributed by atoms with van der Waals surface area (Å²) in [5.74, 6) is -1.27. The Morgan fingerprint density at radius 3 is 2.67 bits per heavy atom. The average molecular weight is 248 g/mol. The number of rotatable bonds is 2. The lowest BCUT2D eigenvalue weighted by atomic mass is 9.99. The summed E-state index contributed by atoms with van der Waals surface area (Å²) < 4.78 is 0. The summed E-state index contributed by atoms with van der Waals surface area (Å²) in [6.45, 7) is 0.899. The number of aliphatic carboxylic acids is 1. The SMILES string of the molecule is O=C(O)[C@@H]1CCCN(C(=O)Nc2ccccc2)C1. The normalized spacial score (nSPS) is 19.3. The van der Waals surface area contributed by atoms with Gasteiger partial charge < -0.3 is 15.3 Å². The van der Waals surface area contributed by atoms with Crippen LogP contribution < -0.4 is 5.32 Å². The van der Waals surface area contributed by atoms with Gasteiger partial charge in [0.05, 0.1) is 5.92 Å². The second kappa shape index (κ2) is 5.53. The van der Waals surface area contributed by atoms with Crippen molar-refractivity contribution in [1.29, 1.82) is 0 Å². The van der Waals surface area contributed by atoms with Crippen molar-refractivity contribution in [2.45, 2.75) is 12.8 Å². The molecule has 0 aliphatic carbocycles. The Morgan fingerprint density at radius 2 is 2.00 bits per heavy atom. The van der Waals surface area contributed by atoms with Crippen LogP contribution in [0.15, 0.2) is 30.3 Å². The molecule has 2 rings (SSSR count). The minimum atomic E-state index is -0.827. The molecule has 1 fully saturated rings. The van der Waals surface area contributed by atoms with Gasteiger partial charge in [-0.1, -0.05) is 18.2 Å². The van der Waals surface area contributed by atoms with Crippen molar-refractivity contribution in [2.75, 3.05) is 18.4 Å². The zero-order valence-electron chi connectivity index (χ0n) is 10.0. The molecule has 0 radical (unpaired) electrons. The number of amides is 2. The van der Waals surface area contributed by atoms with Crippen molar-refractivity contribution in [2.24, 2.45) is 5.92 Å². The molecule has 1 atom stereocenters. The van der Waals surface area contributed by atoms with Crippen molar-refractivity contribution >= 4 is 17.7 Å². The predicted octanol–water partition coefficient (Wildman–Crippen LogP) is 2.02. The van der Waals surface area contributed by atoms with E-state index in [0.717, 1.165) is 12.1 Å². The molecule has 1 aliphatic rings. The first-order valence-corrected chi connectivity index (χ1v) is 6.00. The van der Waals surface area contributed by atoms with Crippen LogP contribution in [-0.2, 0) is 4.79 Å². The molecule has 0 saturated carbocycles. The van der Waals surface area contributed by atoms with Crippen molar-refractivity contribution in [3.05, 3.63) is 30.3 Å². The van der Waals surface area contributed by atoms with Crippen LogP contribution in [-0.4, -0.2) is 35.1 Å². The summed E-state index contributed by atoms with van der Waals surface area (Å²) in [5, 5.41) is 11.7. The van der Waals surface area contributed by atoms with Gasteiger partial charge in [0.2, 0.25) is 0 Å². The van der Waals surface area contributed by atoms with Gasteiger partial charge in [-0.2, -0.15) is 0 Å². The molecule has 1 heterocycles. The van der Waals surface area contributed by atoms with Crippen LogP contribution in [0.3, 0.4) is 0 Å².